The molecule has 1 fully saturated rings. The van der Waals surface area contributed by atoms with Crippen molar-refractivity contribution in [2.75, 3.05) is 18.4 Å². The molecule has 1 aliphatic rings. The van der Waals surface area contributed by atoms with Gasteiger partial charge in [0, 0.05) is 30.5 Å². The SMILES string of the molecule is O=C(Nc1ccccc1)C1CCCN(C(=O)c2ccnc(Cl)c2)C1. The van der Waals surface area contributed by atoms with Gasteiger partial charge < -0.3 is 10.2 Å². The Labute approximate surface area is 145 Å². The zero-order valence-electron chi connectivity index (χ0n) is 13.1. The second kappa shape index (κ2) is 7.45. The molecule has 0 saturated carbocycles. The van der Waals surface area contributed by atoms with Gasteiger partial charge in [-0.1, -0.05) is 29.8 Å². The van der Waals surface area contributed by atoms with Crippen molar-refractivity contribution in [1.82, 2.24) is 9.88 Å². The number of carbonyl (C=O) groups excluding carboxylic acids is 2. The first-order valence-electron chi connectivity index (χ1n) is 7.90. The fourth-order valence-corrected chi connectivity index (χ4v) is 3.03. The Morgan fingerprint density at radius 3 is 2.75 bits per heavy atom. The second-order valence-electron chi connectivity index (χ2n) is 5.81. The summed E-state index contributed by atoms with van der Waals surface area (Å²) in [5, 5.41) is 3.20. The van der Waals surface area contributed by atoms with Crippen LogP contribution in [0.25, 0.3) is 0 Å². The van der Waals surface area contributed by atoms with Crippen molar-refractivity contribution < 1.29 is 9.59 Å². The van der Waals surface area contributed by atoms with Crippen molar-refractivity contribution in [3.63, 3.8) is 0 Å². The number of amides is 2. The van der Waals surface area contributed by atoms with E-state index >= 15 is 0 Å². The minimum Gasteiger partial charge on any atom is -0.338 e. The summed E-state index contributed by atoms with van der Waals surface area (Å²) in [4.78, 5) is 30.6. The number of aromatic nitrogens is 1. The zero-order chi connectivity index (χ0) is 16.9. The van der Waals surface area contributed by atoms with Crippen molar-refractivity contribution in [3.8, 4) is 0 Å². The average molecular weight is 344 g/mol. The van der Waals surface area contributed by atoms with Crippen molar-refractivity contribution in [2.24, 2.45) is 5.92 Å². The second-order valence-corrected chi connectivity index (χ2v) is 6.20. The molecular formula is C18H18ClN3O2. The first-order valence-corrected chi connectivity index (χ1v) is 8.28. The van der Waals surface area contributed by atoms with Crippen molar-refractivity contribution in [1.29, 1.82) is 0 Å². The van der Waals surface area contributed by atoms with Crippen LogP contribution in [-0.4, -0.2) is 34.8 Å². The Balaban J connectivity index is 1.65. The van der Waals surface area contributed by atoms with E-state index in [0.717, 1.165) is 18.5 Å². The van der Waals surface area contributed by atoms with Gasteiger partial charge in [0.1, 0.15) is 5.15 Å². The van der Waals surface area contributed by atoms with Gasteiger partial charge in [-0.15, -0.1) is 0 Å². The molecule has 0 bridgehead atoms. The molecule has 6 heteroatoms. The van der Waals surface area contributed by atoms with E-state index < -0.39 is 0 Å². The predicted molar refractivity (Wildman–Crippen MR) is 92.9 cm³/mol. The lowest BCUT2D eigenvalue weighted by atomic mass is 9.96. The summed E-state index contributed by atoms with van der Waals surface area (Å²) in [6, 6.07) is 12.5. The molecule has 5 nitrogen and oxygen atoms in total. The van der Waals surface area contributed by atoms with E-state index in [1.807, 2.05) is 30.3 Å². The molecule has 0 spiro atoms. The molecule has 0 radical (unpaired) electrons. The first-order chi connectivity index (χ1) is 11.6. The number of halogens is 1. The van der Waals surface area contributed by atoms with E-state index in [4.69, 9.17) is 11.6 Å². The molecule has 3 rings (SSSR count). The van der Waals surface area contributed by atoms with E-state index in [1.165, 1.54) is 6.20 Å². The third-order valence-electron chi connectivity index (χ3n) is 4.09. The number of pyridine rings is 1. The molecule has 2 heterocycles. The van der Waals surface area contributed by atoms with Crippen molar-refractivity contribution in [3.05, 3.63) is 59.4 Å². The van der Waals surface area contributed by atoms with Crippen LogP contribution in [0.4, 0.5) is 5.69 Å². The van der Waals surface area contributed by atoms with Gasteiger partial charge in [-0.3, -0.25) is 9.59 Å². The Hall–Kier alpha value is -2.40. The summed E-state index contributed by atoms with van der Waals surface area (Å²) < 4.78 is 0. The van der Waals surface area contributed by atoms with Gasteiger partial charge >= 0.3 is 0 Å². The van der Waals surface area contributed by atoms with Gasteiger partial charge in [0.05, 0.1) is 5.92 Å². The summed E-state index contributed by atoms with van der Waals surface area (Å²) in [6.07, 6.45) is 3.09. The van der Waals surface area contributed by atoms with Crippen LogP contribution in [0.3, 0.4) is 0 Å². The molecule has 124 valence electrons. The van der Waals surface area contributed by atoms with E-state index in [-0.39, 0.29) is 22.9 Å². The third-order valence-corrected chi connectivity index (χ3v) is 4.30. The van der Waals surface area contributed by atoms with E-state index in [1.54, 1.807) is 17.0 Å². The number of carbonyl (C=O) groups is 2. The first kappa shape index (κ1) is 16.5. The molecule has 0 aliphatic carbocycles. The van der Waals surface area contributed by atoms with Crippen LogP contribution in [0.15, 0.2) is 48.7 Å². The number of anilines is 1. The molecule has 1 aliphatic heterocycles. The Morgan fingerprint density at radius 1 is 1.21 bits per heavy atom. The molecule has 1 aromatic carbocycles. The Kier molecular flexibility index (Phi) is 5.11. The third kappa shape index (κ3) is 3.92. The van der Waals surface area contributed by atoms with E-state index in [0.29, 0.717) is 18.7 Å². The topological polar surface area (TPSA) is 62.3 Å². The maximum atomic E-state index is 12.6. The largest absolute Gasteiger partial charge is 0.338 e. The maximum Gasteiger partial charge on any atom is 0.254 e. The summed E-state index contributed by atoms with van der Waals surface area (Å²) in [6.45, 7) is 1.06. The number of para-hydroxylation sites is 1. The minimum atomic E-state index is -0.208. The van der Waals surface area contributed by atoms with Gasteiger partial charge in [0.2, 0.25) is 5.91 Å². The number of hydrogen-bond donors (Lipinski definition) is 1. The fourth-order valence-electron chi connectivity index (χ4n) is 2.86. The van der Waals surface area contributed by atoms with Crippen LogP contribution in [0.1, 0.15) is 23.2 Å². The van der Waals surface area contributed by atoms with Crippen LogP contribution >= 0.6 is 11.6 Å². The van der Waals surface area contributed by atoms with Gasteiger partial charge in [-0.05, 0) is 37.1 Å². The predicted octanol–water partition coefficient (Wildman–Crippen LogP) is 3.23. The molecule has 1 saturated heterocycles. The smallest absolute Gasteiger partial charge is 0.254 e. The number of nitrogens with zero attached hydrogens (tertiary/aromatic N) is 2. The molecule has 2 aromatic rings. The summed E-state index contributed by atoms with van der Waals surface area (Å²) >= 11 is 5.85. The number of hydrogen-bond acceptors (Lipinski definition) is 3. The molecular weight excluding hydrogens is 326 g/mol. The van der Waals surface area contributed by atoms with E-state index in [2.05, 4.69) is 10.3 Å². The molecule has 1 atom stereocenters. The van der Waals surface area contributed by atoms with Crippen LogP contribution < -0.4 is 5.32 Å². The van der Waals surface area contributed by atoms with Crippen molar-refractivity contribution in [2.45, 2.75) is 12.8 Å². The highest BCUT2D eigenvalue weighted by atomic mass is 35.5. The average Bonchev–Trinajstić information content (AvgIpc) is 2.62. The lowest BCUT2D eigenvalue weighted by Crippen LogP contribution is -2.43. The lowest BCUT2D eigenvalue weighted by Gasteiger charge is -2.32. The van der Waals surface area contributed by atoms with Gasteiger partial charge in [-0.2, -0.15) is 0 Å². The Morgan fingerprint density at radius 2 is 2.00 bits per heavy atom. The van der Waals surface area contributed by atoms with Gasteiger partial charge in [0.25, 0.3) is 5.91 Å². The summed E-state index contributed by atoms with van der Waals surface area (Å²) in [7, 11) is 0. The number of likely N-dealkylation sites (tertiary alicyclic amines) is 1. The number of benzene rings is 1. The highest BCUT2D eigenvalue weighted by Gasteiger charge is 2.29. The quantitative estimate of drug-likeness (QED) is 0.870. The highest BCUT2D eigenvalue weighted by molar-refractivity contribution is 6.29. The van der Waals surface area contributed by atoms with Crippen LogP contribution in [0.5, 0.6) is 0 Å². The lowest BCUT2D eigenvalue weighted by molar-refractivity contribution is -0.121. The molecule has 1 unspecified atom stereocenters. The Bertz CT molecular complexity index is 736. The van der Waals surface area contributed by atoms with Crippen LogP contribution in [-0.2, 0) is 4.79 Å². The van der Waals surface area contributed by atoms with E-state index in [9.17, 15) is 9.59 Å². The fraction of sp³-hybridized carbons (Fsp3) is 0.278. The summed E-state index contributed by atoms with van der Waals surface area (Å²) in [5.74, 6) is -0.372. The number of piperidine rings is 1. The standard InChI is InChI=1S/C18H18ClN3O2/c19-16-11-13(8-9-20-16)18(24)22-10-4-5-14(12-22)17(23)21-15-6-2-1-3-7-15/h1-3,6-9,11,14H,4-5,10,12H2,(H,21,23). The van der Waals surface area contributed by atoms with Crippen LogP contribution in [0, 0.1) is 5.92 Å². The van der Waals surface area contributed by atoms with Crippen molar-refractivity contribution >= 4 is 29.1 Å². The minimum absolute atomic E-state index is 0.0496. The molecule has 2 amide bonds. The normalized spacial score (nSPS) is 17.4. The maximum absolute atomic E-state index is 12.6. The highest BCUT2D eigenvalue weighted by Crippen LogP contribution is 2.21. The van der Waals surface area contributed by atoms with Crippen LogP contribution in [0.2, 0.25) is 5.15 Å². The van der Waals surface area contributed by atoms with Gasteiger partial charge in [0.15, 0.2) is 0 Å². The summed E-state index contributed by atoms with van der Waals surface area (Å²) in [5.41, 5.74) is 1.27. The zero-order valence-corrected chi connectivity index (χ0v) is 13.9. The number of nitrogens with one attached hydrogen (secondary N) is 1. The molecule has 1 N–H and O–H groups in total. The monoisotopic (exact) mass is 343 g/mol. The van der Waals surface area contributed by atoms with Gasteiger partial charge in [-0.25, -0.2) is 4.98 Å². The molecule has 24 heavy (non-hydrogen) atoms. The molecule has 1 aromatic heterocycles. The number of rotatable bonds is 3.